The van der Waals surface area contributed by atoms with Gasteiger partial charge in [-0.2, -0.15) is 0 Å². The zero-order valence-corrected chi connectivity index (χ0v) is 30.9. The second-order valence-electron chi connectivity index (χ2n) is 16.3. The number of carbonyl (C=O) groups excluding carboxylic acids is 2. The van der Waals surface area contributed by atoms with Crippen LogP contribution in [0, 0.1) is 39.9 Å². The summed E-state index contributed by atoms with van der Waals surface area (Å²) in [7, 11) is 0. The fourth-order valence-electron chi connectivity index (χ4n) is 9.50. The number of benzene rings is 1. The second-order valence-corrected chi connectivity index (χ2v) is 17.1. The van der Waals surface area contributed by atoms with Crippen LogP contribution in [0.25, 0.3) is 0 Å². The van der Waals surface area contributed by atoms with Gasteiger partial charge in [-0.05, 0) is 48.1 Å². The number of carbonyl (C=O) groups is 2. The number of rotatable bonds is 8. The van der Waals surface area contributed by atoms with E-state index in [-0.39, 0.29) is 42.9 Å². The molecule has 10 atom stereocenters. The van der Waals surface area contributed by atoms with Crippen molar-refractivity contribution in [3.63, 3.8) is 0 Å². The third-order valence-corrected chi connectivity index (χ3v) is 13.8. The van der Waals surface area contributed by atoms with Crippen molar-refractivity contribution in [1.29, 1.82) is 0 Å². The van der Waals surface area contributed by atoms with Gasteiger partial charge in [0.05, 0.1) is 36.2 Å². The largest absolute Gasteiger partial charge is 0.458 e. The summed E-state index contributed by atoms with van der Waals surface area (Å²) < 4.78 is 25.6. The van der Waals surface area contributed by atoms with Crippen molar-refractivity contribution in [3.05, 3.63) is 47.0 Å². The lowest BCUT2D eigenvalue weighted by Crippen LogP contribution is -2.81. The van der Waals surface area contributed by atoms with Crippen LogP contribution < -0.4 is 0 Å². The van der Waals surface area contributed by atoms with Crippen LogP contribution in [0.3, 0.4) is 0 Å². The second kappa shape index (κ2) is 12.4. The normalized spacial score (nSPS) is 39.4. The number of ether oxygens (including phenoxy) is 4. The minimum Gasteiger partial charge on any atom is -0.458 e. The predicted molar refractivity (Wildman–Crippen MR) is 183 cm³/mol. The highest BCUT2D eigenvalue weighted by molar-refractivity contribution is 7.98. The van der Waals surface area contributed by atoms with Crippen LogP contribution in [0.2, 0.25) is 0 Å². The molecule has 3 aliphatic carbocycles. The lowest BCUT2D eigenvalue weighted by atomic mass is 9.38. The Bertz CT molecular complexity index is 1390. The van der Waals surface area contributed by atoms with E-state index in [9.17, 15) is 19.8 Å². The molecular weight excluding hydrogens is 616 g/mol. The summed E-state index contributed by atoms with van der Waals surface area (Å²) in [5, 5.41) is 26.2. The molecule has 2 saturated carbocycles. The number of esters is 2. The minimum atomic E-state index is -1.74. The van der Waals surface area contributed by atoms with Gasteiger partial charge in [0.2, 0.25) is 0 Å². The highest BCUT2D eigenvalue weighted by Gasteiger charge is 2.77. The quantitative estimate of drug-likeness (QED) is 0.183. The first kappa shape index (κ1) is 36.4. The van der Waals surface area contributed by atoms with Crippen molar-refractivity contribution < 1.29 is 38.7 Å². The molecule has 0 spiro atoms. The van der Waals surface area contributed by atoms with Gasteiger partial charge >= 0.3 is 11.9 Å². The first-order valence-corrected chi connectivity index (χ1v) is 18.5. The van der Waals surface area contributed by atoms with Gasteiger partial charge in [0.1, 0.15) is 23.4 Å². The van der Waals surface area contributed by atoms with Gasteiger partial charge in [0.25, 0.3) is 0 Å². The number of fused-ring (bicyclic) bond motifs is 5. The number of aliphatic hydroxyl groups is 2. The van der Waals surface area contributed by atoms with E-state index in [1.807, 2.05) is 53.9 Å². The van der Waals surface area contributed by atoms with E-state index in [1.165, 1.54) is 0 Å². The van der Waals surface area contributed by atoms with E-state index in [0.29, 0.717) is 17.9 Å². The Morgan fingerprint density at radius 1 is 1.04 bits per heavy atom. The summed E-state index contributed by atoms with van der Waals surface area (Å²) >= 11 is 1.58. The van der Waals surface area contributed by atoms with Crippen molar-refractivity contribution in [2.75, 3.05) is 18.8 Å². The van der Waals surface area contributed by atoms with Gasteiger partial charge in [-0.15, -0.1) is 11.8 Å². The fraction of sp³-hybridized carbons (Fsp3) is 0.737. The van der Waals surface area contributed by atoms with Crippen molar-refractivity contribution in [2.45, 2.75) is 118 Å². The molecule has 3 fully saturated rings. The first-order valence-electron chi connectivity index (χ1n) is 17.1. The third kappa shape index (κ3) is 5.33. The maximum absolute atomic E-state index is 14.1. The van der Waals surface area contributed by atoms with Crippen LogP contribution in [0.1, 0.15) is 92.4 Å². The molecule has 4 aliphatic rings. The summed E-state index contributed by atoms with van der Waals surface area (Å²) in [5.74, 6) is -1.66. The Morgan fingerprint density at radius 3 is 2.23 bits per heavy atom. The lowest BCUT2D eigenvalue weighted by Gasteiger charge is -2.72. The van der Waals surface area contributed by atoms with E-state index in [1.54, 1.807) is 36.0 Å². The summed E-state index contributed by atoms with van der Waals surface area (Å²) in [6.45, 7) is 20.6. The summed E-state index contributed by atoms with van der Waals surface area (Å²) in [6.07, 6.45) is -0.390. The molecular formula is C38H56O8S. The highest BCUT2D eigenvalue weighted by Crippen LogP contribution is 2.70. The van der Waals surface area contributed by atoms with E-state index < -0.39 is 57.6 Å². The molecule has 1 aromatic carbocycles. The number of thioether (sulfide) groups is 1. The molecule has 5 rings (SSSR count). The zero-order valence-electron chi connectivity index (χ0n) is 30.1. The van der Waals surface area contributed by atoms with Crippen molar-refractivity contribution in [1.82, 2.24) is 0 Å². The zero-order chi connectivity index (χ0) is 34.9. The molecule has 2 N–H and O–H groups in total. The van der Waals surface area contributed by atoms with Gasteiger partial charge in [0.15, 0.2) is 0 Å². The Labute approximate surface area is 285 Å². The number of hydrogen-bond donors (Lipinski definition) is 2. The highest BCUT2D eigenvalue weighted by atomic mass is 32.2. The Hall–Kier alpha value is -1.91. The van der Waals surface area contributed by atoms with Crippen LogP contribution in [0.5, 0.6) is 0 Å². The standard InChI is InChI=1S/C38H56O8S/c1-21(2)22(3)32(39)45-26-18-38(42)31(46-33(40)25-15-13-12-14-16-25)30-36(10,27(44-20-47-11)17-28-37(30,41)19-43-28)34(6,7)24(5)29(23(26)4)35(38,8)9/h12-16,21-22,24,26-28,30-31,41-42H,17-20H2,1-11H3/t22-,24-,26?,27?,28?,30?,31?,36-,37?,38?/m1/s1. The fourth-order valence-corrected chi connectivity index (χ4v) is 9.80. The topological polar surface area (TPSA) is 112 Å². The van der Waals surface area contributed by atoms with Crippen molar-refractivity contribution in [3.8, 4) is 0 Å². The Morgan fingerprint density at radius 2 is 1.68 bits per heavy atom. The smallest absolute Gasteiger partial charge is 0.338 e. The first-order chi connectivity index (χ1) is 21.8. The van der Waals surface area contributed by atoms with E-state index in [0.717, 1.165) is 11.1 Å². The lowest BCUT2D eigenvalue weighted by molar-refractivity contribution is -0.368. The number of hydrogen-bond acceptors (Lipinski definition) is 9. The third-order valence-electron chi connectivity index (χ3n) is 13.5. The minimum absolute atomic E-state index is 0.0102. The van der Waals surface area contributed by atoms with Crippen molar-refractivity contribution >= 4 is 23.7 Å². The van der Waals surface area contributed by atoms with E-state index >= 15 is 0 Å². The van der Waals surface area contributed by atoms with Gasteiger partial charge in [-0.1, -0.05) is 86.1 Å². The molecule has 0 radical (unpaired) electrons. The molecule has 262 valence electrons. The molecule has 9 heteroatoms. The average molecular weight is 673 g/mol. The predicted octanol–water partition coefficient (Wildman–Crippen LogP) is 6.43. The Kier molecular flexibility index (Phi) is 9.63. The van der Waals surface area contributed by atoms with Gasteiger partial charge in [0, 0.05) is 29.6 Å². The van der Waals surface area contributed by atoms with Gasteiger partial charge in [-0.25, -0.2) is 4.79 Å². The van der Waals surface area contributed by atoms with Crippen LogP contribution in [-0.4, -0.2) is 76.6 Å². The molecule has 0 aromatic heterocycles. The molecule has 1 heterocycles. The van der Waals surface area contributed by atoms with Gasteiger partial charge < -0.3 is 29.2 Å². The summed E-state index contributed by atoms with van der Waals surface area (Å²) in [5.41, 5.74) is -3.20. The van der Waals surface area contributed by atoms with E-state index in [2.05, 4.69) is 27.7 Å². The van der Waals surface area contributed by atoms with Crippen LogP contribution in [-0.2, 0) is 23.7 Å². The maximum Gasteiger partial charge on any atom is 0.338 e. The molecule has 1 aromatic rings. The maximum atomic E-state index is 14.1. The van der Waals surface area contributed by atoms with Crippen molar-refractivity contribution in [2.24, 2.45) is 39.9 Å². The Balaban J connectivity index is 1.79. The molecule has 1 saturated heterocycles. The average Bonchev–Trinajstić information content (AvgIpc) is 3.01. The SMILES string of the molecule is CSCOC1CC2OCC2(O)C2C(OC(=O)c3ccccc3)C3(O)CC(OC(=O)[C@H](C)C(C)C)C(C)=C([C@@H](C)C(C)(C)[C@]12C)C3(C)C. The summed E-state index contributed by atoms with van der Waals surface area (Å²) in [4.78, 5) is 27.6. The van der Waals surface area contributed by atoms with Gasteiger partial charge in [-0.3, -0.25) is 4.79 Å². The van der Waals surface area contributed by atoms with Crippen LogP contribution in [0.15, 0.2) is 41.5 Å². The molecule has 7 unspecified atom stereocenters. The molecule has 8 nitrogen and oxygen atoms in total. The van der Waals surface area contributed by atoms with Crippen LogP contribution >= 0.6 is 11.8 Å². The molecule has 1 aliphatic heterocycles. The molecule has 47 heavy (non-hydrogen) atoms. The summed E-state index contributed by atoms with van der Waals surface area (Å²) in [6, 6.07) is 8.75. The van der Waals surface area contributed by atoms with Crippen LogP contribution in [0.4, 0.5) is 0 Å². The monoisotopic (exact) mass is 672 g/mol. The molecule has 2 bridgehead atoms. The van der Waals surface area contributed by atoms with E-state index in [4.69, 9.17) is 18.9 Å². The molecule has 0 amide bonds.